The minimum atomic E-state index is -3.53. The Labute approximate surface area is 156 Å². The number of carbonyl (C=O) groups is 1. The Hall–Kier alpha value is -1.76. The molecule has 1 heterocycles. The van der Waals surface area contributed by atoms with Crippen molar-refractivity contribution in [1.29, 1.82) is 0 Å². The monoisotopic (exact) mass is 379 g/mol. The Balaban J connectivity index is 1.69. The largest absolute Gasteiger partial charge is 0.372 e. The molecule has 1 saturated carbocycles. The summed E-state index contributed by atoms with van der Waals surface area (Å²) in [6, 6.07) is 7.69. The van der Waals surface area contributed by atoms with Crippen molar-refractivity contribution in [1.82, 2.24) is 5.32 Å². The molecule has 0 spiro atoms. The van der Waals surface area contributed by atoms with E-state index in [0.29, 0.717) is 5.69 Å². The van der Waals surface area contributed by atoms with Crippen molar-refractivity contribution in [3.8, 4) is 0 Å². The molecular formula is C19H29N3O3S. The van der Waals surface area contributed by atoms with Gasteiger partial charge in [0.2, 0.25) is 15.9 Å². The van der Waals surface area contributed by atoms with E-state index in [2.05, 4.69) is 10.2 Å². The highest BCUT2D eigenvalue weighted by atomic mass is 32.2. The van der Waals surface area contributed by atoms with Gasteiger partial charge in [-0.3, -0.25) is 9.10 Å². The van der Waals surface area contributed by atoms with Crippen LogP contribution in [0.3, 0.4) is 0 Å². The Bertz CT molecular complexity index is 706. The van der Waals surface area contributed by atoms with Crippen LogP contribution in [-0.2, 0) is 14.8 Å². The second-order valence-corrected chi connectivity index (χ2v) is 9.29. The van der Waals surface area contributed by atoms with Crippen molar-refractivity contribution < 1.29 is 13.2 Å². The molecule has 1 amide bonds. The molecule has 0 bridgehead atoms. The fraction of sp³-hybridized carbons (Fsp3) is 0.632. The molecule has 6 nitrogen and oxygen atoms in total. The van der Waals surface area contributed by atoms with Crippen molar-refractivity contribution in [3.63, 3.8) is 0 Å². The van der Waals surface area contributed by atoms with Gasteiger partial charge in [-0.25, -0.2) is 8.42 Å². The second kappa shape index (κ2) is 8.29. The highest BCUT2D eigenvalue weighted by molar-refractivity contribution is 7.92. The standard InChI is InChI=1S/C19H29N3O3S/c1-26(24,25)22(15-19(23)20-16-7-3-4-8-16)18-11-9-17(10-12-18)21-13-5-2-6-14-21/h9-12,16H,2-8,13-15H2,1H3,(H,20,23). The molecule has 2 aliphatic rings. The van der Waals surface area contributed by atoms with E-state index >= 15 is 0 Å². The smallest absolute Gasteiger partial charge is 0.240 e. The van der Waals surface area contributed by atoms with Crippen LogP contribution in [0.2, 0.25) is 0 Å². The van der Waals surface area contributed by atoms with Crippen molar-refractivity contribution in [3.05, 3.63) is 24.3 Å². The zero-order chi connectivity index (χ0) is 18.6. The maximum atomic E-state index is 12.3. The molecule has 1 aromatic rings. The van der Waals surface area contributed by atoms with E-state index in [0.717, 1.165) is 50.7 Å². The van der Waals surface area contributed by atoms with Crippen molar-refractivity contribution in [2.45, 2.75) is 51.0 Å². The predicted octanol–water partition coefficient (Wildman–Crippen LogP) is 2.50. The lowest BCUT2D eigenvalue weighted by Gasteiger charge is -2.29. The topological polar surface area (TPSA) is 69.7 Å². The van der Waals surface area contributed by atoms with Gasteiger partial charge in [-0.2, -0.15) is 0 Å². The molecule has 0 radical (unpaired) electrons. The first-order valence-electron chi connectivity index (χ1n) is 9.55. The quantitative estimate of drug-likeness (QED) is 0.824. The average Bonchev–Trinajstić information content (AvgIpc) is 3.13. The van der Waals surface area contributed by atoms with Gasteiger partial charge in [0.15, 0.2) is 0 Å². The minimum absolute atomic E-state index is 0.168. The van der Waals surface area contributed by atoms with Gasteiger partial charge < -0.3 is 10.2 Å². The number of hydrogen-bond acceptors (Lipinski definition) is 4. The lowest BCUT2D eigenvalue weighted by molar-refractivity contribution is -0.120. The maximum Gasteiger partial charge on any atom is 0.240 e. The summed E-state index contributed by atoms with van der Waals surface area (Å²) in [6.45, 7) is 1.91. The van der Waals surface area contributed by atoms with Crippen LogP contribution in [0.15, 0.2) is 24.3 Å². The number of sulfonamides is 1. The van der Waals surface area contributed by atoms with E-state index in [-0.39, 0.29) is 18.5 Å². The fourth-order valence-electron chi connectivity index (χ4n) is 3.86. The highest BCUT2D eigenvalue weighted by Crippen LogP contribution is 2.25. The number of hydrogen-bond donors (Lipinski definition) is 1. The number of nitrogens with zero attached hydrogens (tertiary/aromatic N) is 2. The van der Waals surface area contributed by atoms with Crippen LogP contribution in [0.4, 0.5) is 11.4 Å². The summed E-state index contributed by atoms with van der Waals surface area (Å²) in [4.78, 5) is 14.6. The third-order valence-electron chi connectivity index (χ3n) is 5.27. The summed E-state index contributed by atoms with van der Waals surface area (Å²) in [5, 5.41) is 2.96. The van der Waals surface area contributed by atoms with Crippen LogP contribution in [0, 0.1) is 0 Å². The molecule has 3 rings (SSSR count). The Morgan fingerprint density at radius 1 is 1.08 bits per heavy atom. The molecule has 1 saturated heterocycles. The molecule has 26 heavy (non-hydrogen) atoms. The number of nitrogens with one attached hydrogen (secondary N) is 1. The van der Waals surface area contributed by atoms with Crippen molar-refractivity contribution in [2.75, 3.05) is 35.1 Å². The summed E-state index contributed by atoms with van der Waals surface area (Å²) in [5.74, 6) is -0.234. The fourth-order valence-corrected chi connectivity index (χ4v) is 4.71. The molecule has 1 N–H and O–H groups in total. The zero-order valence-corrected chi connectivity index (χ0v) is 16.3. The molecular weight excluding hydrogens is 350 g/mol. The number of amides is 1. The first kappa shape index (κ1) is 19.0. The maximum absolute atomic E-state index is 12.3. The summed E-state index contributed by atoms with van der Waals surface area (Å²) >= 11 is 0. The van der Waals surface area contributed by atoms with Crippen LogP contribution in [0.25, 0.3) is 0 Å². The van der Waals surface area contributed by atoms with E-state index in [1.54, 1.807) is 12.1 Å². The molecule has 144 valence electrons. The first-order chi connectivity index (χ1) is 12.4. The Kier molecular flexibility index (Phi) is 6.06. The van der Waals surface area contributed by atoms with Crippen LogP contribution in [0.1, 0.15) is 44.9 Å². The van der Waals surface area contributed by atoms with Crippen molar-refractivity contribution in [2.24, 2.45) is 0 Å². The van der Waals surface area contributed by atoms with Gasteiger partial charge in [-0.1, -0.05) is 12.8 Å². The van der Waals surface area contributed by atoms with Crippen LogP contribution in [-0.4, -0.2) is 46.3 Å². The lowest BCUT2D eigenvalue weighted by Crippen LogP contribution is -2.43. The van der Waals surface area contributed by atoms with Gasteiger partial charge >= 0.3 is 0 Å². The summed E-state index contributed by atoms with van der Waals surface area (Å²) in [7, 11) is -3.53. The second-order valence-electron chi connectivity index (χ2n) is 7.38. The van der Waals surface area contributed by atoms with E-state index in [1.165, 1.54) is 23.6 Å². The van der Waals surface area contributed by atoms with Gasteiger partial charge in [-0.15, -0.1) is 0 Å². The number of rotatable bonds is 6. The number of benzene rings is 1. The van der Waals surface area contributed by atoms with Gasteiger partial charge in [0.05, 0.1) is 11.9 Å². The summed E-state index contributed by atoms with van der Waals surface area (Å²) < 4.78 is 25.6. The number of anilines is 2. The predicted molar refractivity (Wildman–Crippen MR) is 105 cm³/mol. The van der Waals surface area contributed by atoms with Crippen molar-refractivity contribution >= 4 is 27.3 Å². The van der Waals surface area contributed by atoms with E-state index in [9.17, 15) is 13.2 Å². The zero-order valence-electron chi connectivity index (χ0n) is 15.5. The molecule has 1 aromatic carbocycles. The number of carbonyl (C=O) groups excluding carboxylic acids is 1. The van der Waals surface area contributed by atoms with Crippen LogP contribution < -0.4 is 14.5 Å². The van der Waals surface area contributed by atoms with Crippen LogP contribution in [0.5, 0.6) is 0 Å². The third-order valence-corrected chi connectivity index (χ3v) is 6.41. The van der Waals surface area contributed by atoms with E-state index in [1.807, 2.05) is 12.1 Å². The third kappa shape index (κ3) is 4.90. The van der Waals surface area contributed by atoms with Gasteiger partial charge in [0.1, 0.15) is 6.54 Å². The number of piperidine rings is 1. The van der Waals surface area contributed by atoms with Crippen LogP contribution >= 0.6 is 0 Å². The van der Waals surface area contributed by atoms with Gasteiger partial charge in [0, 0.05) is 24.8 Å². The molecule has 0 unspecified atom stereocenters. The molecule has 7 heteroatoms. The Morgan fingerprint density at radius 2 is 1.69 bits per heavy atom. The molecule has 1 aliphatic heterocycles. The SMILES string of the molecule is CS(=O)(=O)N(CC(=O)NC1CCCC1)c1ccc(N2CCCCC2)cc1. The molecule has 2 fully saturated rings. The summed E-state index contributed by atoms with van der Waals surface area (Å²) in [6.07, 6.45) is 9.01. The minimum Gasteiger partial charge on any atom is -0.372 e. The molecule has 1 aliphatic carbocycles. The normalized spacial score (nSPS) is 18.7. The van der Waals surface area contributed by atoms with E-state index in [4.69, 9.17) is 0 Å². The van der Waals surface area contributed by atoms with Gasteiger partial charge in [-0.05, 0) is 56.4 Å². The summed E-state index contributed by atoms with van der Waals surface area (Å²) in [5.41, 5.74) is 1.65. The highest BCUT2D eigenvalue weighted by Gasteiger charge is 2.24. The molecule has 0 atom stereocenters. The average molecular weight is 380 g/mol. The first-order valence-corrected chi connectivity index (χ1v) is 11.4. The Morgan fingerprint density at radius 3 is 2.27 bits per heavy atom. The molecule has 0 aromatic heterocycles. The van der Waals surface area contributed by atoms with E-state index < -0.39 is 10.0 Å². The van der Waals surface area contributed by atoms with Gasteiger partial charge in [0.25, 0.3) is 0 Å². The lowest BCUT2D eigenvalue weighted by atomic mass is 10.1.